The Morgan fingerprint density at radius 1 is 1.06 bits per heavy atom. The maximum Gasteiger partial charge on any atom is 0.243 e. The van der Waals surface area contributed by atoms with Crippen molar-refractivity contribution >= 4 is 11.8 Å². The Bertz CT molecular complexity index is 1440. The van der Waals surface area contributed by atoms with Gasteiger partial charge in [-0.1, -0.05) is 64.2 Å². The minimum absolute atomic E-state index is 0.0914. The van der Waals surface area contributed by atoms with Gasteiger partial charge in [-0.25, -0.2) is 0 Å². The van der Waals surface area contributed by atoms with Gasteiger partial charge in [0.05, 0.1) is 49.2 Å². The molecule has 3 rings (SSSR count). The van der Waals surface area contributed by atoms with E-state index in [1.54, 1.807) is 31.4 Å². The number of ether oxygens (including phenoxy) is 3. The lowest BCUT2D eigenvalue weighted by Crippen LogP contribution is -2.52. The number of rotatable bonds is 20. The van der Waals surface area contributed by atoms with Crippen LogP contribution in [0, 0.1) is 46.8 Å². The zero-order chi connectivity index (χ0) is 35.8. The number of nitriles is 1. The molecular weight excluding hydrogens is 620 g/mol. The molecule has 5 atom stereocenters. The molecule has 0 unspecified atom stereocenters. The highest BCUT2D eigenvalue weighted by Gasteiger charge is 2.32. The normalized spacial score (nSPS) is 15.6. The fraction of sp³-hybridized carbons (Fsp3) is 0.564. The van der Waals surface area contributed by atoms with Crippen molar-refractivity contribution in [3.63, 3.8) is 0 Å². The molecule has 2 amide bonds. The second-order valence-electron chi connectivity index (χ2n) is 13.3. The fourth-order valence-electron chi connectivity index (χ4n) is 5.17. The van der Waals surface area contributed by atoms with Crippen LogP contribution < -0.4 is 21.1 Å². The molecule has 0 heterocycles. The monoisotopic (exact) mass is 674 g/mol. The summed E-state index contributed by atoms with van der Waals surface area (Å²) in [4.78, 5) is 26.8. The minimum atomic E-state index is -0.995. The predicted molar refractivity (Wildman–Crippen MR) is 189 cm³/mol. The average Bonchev–Trinajstić information content (AvgIpc) is 3.94. The molecule has 1 aliphatic rings. The van der Waals surface area contributed by atoms with Gasteiger partial charge in [-0.3, -0.25) is 9.59 Å². The van der Waals surface area contributed by atoms with Crippen molar-refractivity contribution in [1.82, 2.24) is 10.6 Å². The lowest BCUT2D eigenvalue weighted by atomic mass is 9.86. The predicted octanol–water partition coefficient (Wildman–Crippen LogP) is 4.45. The molecule has 1 aliphatic carbocycles. The maximum atomic E-state index is 13.5. The first-order chi connectivity index (χ1) is 23.6. The molecular formula is C39H54N4O6. The van der Waals surface area contributed by atoms with Crippen molar-refractivity contribution in [3.8, 4) is 23.7 Å². The highest BCUT2D eigenvalue weighted by atomic mass is 16.5. The van der Waals surface area contributed by atoms with Gasteiger partial charge >= 0.3 is 0 Å². The van der Waals surface area contributed by atoms with E-state index in [1.807, 2.05) is 45.9 Å². The molecule has 2 aromatic carbocycles. The highest BCUT2D eigenvalue weighted by Crippen LogP contribution is 2.28. The number of nitrogens with zero attached hydrogens (tertiary/aromatic N) is 1. The Labute approximate surface area is 292 Å². The SMILES string of the molecule is CC[C@H](C)[C@H](NC(=O)[C@@H](C[C@H](O)[C@@H](N)COCc1ccc(C#CC2CC2)c(OCCCOC)c1)C(C)C)C(=O)NCc1ccc(C#N)cc1. The van der Waals surface area contributed by atoms with Gasteiger partial charge in [0, 0.05) is 38.5 Å². The molecule has 1 saturated carbocycles. The largest absolute Gasteiger partial charge is 0.492 e. The Hall–Kier alpha value is -3.93. The molecule has 0 spiro atoms. The molecule has 0 saturated heterocycles. The van der Waals surface area contributed by atoms with Crippen LogP contribution in [0.25, 0.3) is 0 Å². The number of methoxy groups -OCH3 is 1. The number of amides is 2. The minimum Gasteiger partial charge on any atom is -0.492 e. The first kappa shape index (κ1) is 39.5. The number of hydrogen-bond donors (Lipinski definition) is 4. The highest BCUT2D eigenvalue weighted by molar-refractivity contribution is 5.88. The second kappa shape index (κ2) is 20.6. The van der Waals surface area contributed by atoms with Gasteiger partial charge < -0.3 is 35.7 Å². The van der Waals surface area contributed by atoms with Gasteiger partial charge in [0.25, 0.3) is 0 Å². The summed E-state index contributed by atoms with van der Waals surface area (Å²) in [6.07, 6.45) is 2.88. The molecule has 0 bridgehead atoms. The average molecular weight is 675 g/mol. The van der Waals surface area contributed by atoms with Crippen LogP contribution in [0.3, 0.4) is 0 Å². The quantitative estimate of drug-likeness (QED) is 0.119. The van der Waals surface area contributed by atoms with Crippen LogP contribution in [0.5, 0.6) is 5.75 Å². The summed E-state index contributed by atoms with van der Waals surface area (Å²) in [5, 5.41) is 25.9. The van der Waals surface area contributed by atoms with Crippen LogP contribution in [0.15, 0.2) is 42.5 Å². The van der Waals surface area contributed by atoms with Gasteiger partial charge in [-0.2, -0.15) is 5.26 Å². The number of carbonyl (C=O) groups is 2. The number of nitrogens with one attached hydrogen (secondary N) is 2. The summed E-state index contributed by atoms with van der Waals surface area (Å²) in [6, 6.07) is 13.4. The van der Waals surface area contributed by atoms with Crippen molar-refractivity contribution in [2.24, 2.45) is 29.4 Å². The smallest absolute Gasteiger partial charge is 0.243 e. The van der Waals surface area contributed by atoms with Crippen molar-refractivity contribution < 1.29 is 28.9 Å². The van der Waals surface area contributed by atoms with Crippen LogP contribution in [0.4, 0.5) is 0 Å². The van der Waals surface area contributed by atoms with E-state index in [2.05, 4.69) is 28.5 Å². The Morgan fingerprint density at radius 2 is 1.78 bits per heavy atom. The number of aliphatic hydroxyl groups is 1. The van der Waals surface area contributed by atoms with E-state index in [9.17, 15) is 14.7 Å². The summed E-state index contributed by atoms with van der Waals surface area (Å²) >= 11 is 0. The number of hydrogen-bond acceptors (Lipinski definition) is 8. The van der Waals surface area contributed by atoms with Gasteiger partial charge in [0.2, 0.25) is 11.8 Å². The molecule has 266 valence electrons. The summed E-state index contributed by atoms with van der Waals surface area (Å²) in [7, 11) is 1.66. The third kappa shape index (κ3) is 13.5. The lowest BCUT2D eigenvalue weighted by Gasteiger charge is -2.29. The van der Waals surface area contributed by atoms with E-state index in [0.717, 1.165) is 36.0 Å². The molecule has 2 aromatic rings. The van der Waals surface area contributed by atoms with Crippen molar-refractivity contribution in [2.45, 2.75) is 91.1 Å². The number of benzene rings is 2. The van der Waals surface area contributed by atoms with E-state index in [-0.39, 0.29) is 49.8 Å². The van der Waals surface area contributed by atoms with E-state index < -0.39 is 24.1 Å². The van der Waals surface area contributed by atoms with Crippen molar-refractivity contribution in [3.05, 3.63) is 64.7 Å². The van der Waals surface area contributed by atoms with Crippen LogP contribution in [0.2, 0.25) is 0 Å². The summed E-state index contributed by atoms with van der Waals surface area (Å²) in [5.41, 5.74) is 9.48. The zero-order valence-corrected chi connectivity index (χ0v) is 29.7. The summed E-state index contributed by atoms with van der Waals surface area (Å²) in [5.74, 6) is 6.34. The molecule has 0 aliphatic heterocycles. The topological polar surface area (TPSA) is 156 Å². The van der Waals surface area contributed by atoms with E-state index in [0.29, 0.717) is 36.9 Å². The van der Waals surface area contributed by atoms with Crippen LogP contribution in [-0.4, -0.2) is 62.0 Å². The molecule has 49 heavy (non-hydrogen) atoms. The van der Waals surface area contributed by atoms with E-state index in [1.165, 1.54) is 0 Å². The van der Waals surface area contributed by atoms with Crippen LogP contribution in [0.1, 0.15) is 82.1 Å². The number of aliphatic hydroxyl groups excluding tert-OH is 1. The van der Waals surface area contributed by atoms with E-state index >= 15 is 0 Å². The van der Waals surface area contributed by atoms with Gasteiger partial charge in [-0.05, 0) is 66.5 Å². The summed E-state index contributed by atoms with van der Waals surface area (Å²) in [6.45, 7) is 9.47. The second-order valence-corrected chi connectivity index (χ2v) is 13.3. The Kier molecular flexibility index (Phi) is 16.6. The standard InChI is InChI=1S/C39H54N4O6/c1-6-27(4)37(39(46)42-23-30-12-10-29(22-40)11-13-30)43-38(45)33(26(2)3)21-35(44)34(41)25-48-24-31-15-17-32(16-14-28-8-9-28)36(20-31)49-19-7-18-47-5/h10-13,15,17,20,26-28,33-35,37,44H,6-9,18-19,21,23-25,41H2,1-5H3,(H,42,46)(H,43,45)/t27-,33-,34-,35-,37-/m0/s1. The van der Waals surface area contributed by atoms with Gasteiger partial charge in [0.1, 0.15) is 11.8 Å². The number of carbonyl (C=O) groups excluding carboxylic acids is 2. The third-order valence-corrected chi connectivity index (χ3v) is 8.84. The molecule has 1 fully saturated rings. The first-order valence-electron chi connectivity index (χ1n) is 17.4. The third-order valence-electron chi connectivity index (χ3n) is 8.84. The molecule has 0 radical (unpaired) electrons. The molecule has 5 N–H and O–H groups in total. The first-order valence-corrected chi connectivity index (χ1v) is 17.4. The molecule has 0 aromatic heterocycles. The Morgan fingerprint density at radius 3 is 2.41 bits per heavy atom. The Balaban J connectivity index is 1.55. The zero-order valence-electron chi connectivity index (χ0n) is 29.7. The summed E-state index contributed by atoms with van der Waals surface area (Å²) < 4.78 is 17.0. The van der Waals surface area contributed by atoms with E-state index in [4.69, 9.17) is 25.2 Å². The van der Waals surface area contributed by atoms with Crippen molar-refractivity contribution in [2.75, 3.05) is 26.9 Å². The lowest BCUT2D eigenvalue weighted by molar-refractivity contribution is -0.134. The number of nitrogens with two attached hydrogens (primary N) is 1. The molecule has 10 nitrogen and oxygen atoms in total. The van der Waals surface area contributed by atoms with Crippen molar-refractivity contribution in [1.29, 1.82) is 5.26 Å². The van der Waals surface area contributed by atoms with Gasteiger partial charge in [0.15, 0.2) is 0 Å². The molecule has 10 heteroatoms. The van der Waals surface area contributed by atoms with Gasteiger partial charge in [-0.15, -0.1) is 0 Å². The fourth-order valence-corrected chi connectivity index (χ4v) is 5.17. The van der Waals surface area contributed by atoms with Crippen LogP contribution in [-0.2, 0) is 32.2 Å². The maximum absolute atomic E-state index is 13.5. The van der Waals surface area contributed by atoms with Crippen LogP contribution >= 0.6 is 0 Å².